The maximum Gasteiger partial charge on any atom is 0.178 e. The molecule has 0 atom stereocenters. The highest BCUT2D eigenvalue weighted by atomic mass is 35.5. The fraction of sp³-hybridized carbons (Fsp3) is 0.462. The van der Waals surface area contributed by atoms with Crippen LogP contribution >= 0.6 is 23.8 Å². The van der Waals surface area contributed by atoms with Crippen LogP contribution < -0.4 is 0 Å². The summed E-state index contributed by atoms with van der Waals surface area (Å²) in [7, 11) is 0. The summed E-state index contributed by atoms with van der Waals surface area (Å²) in [6, 6.07) is 6.30. The van der Waals surface area contributed by atoms with Crippen LogP contribution in [0.3, 0.4) is 0 Å². The van der Waals surface area contributed by atoms with Crippen molar-refractivity contribution in [2.45, 2.75) is 31.9 Å². The molecule has 18 heavy (non-hydrogen) atoms. The van der Waals surface area contributed by atoms with E-state index in [4.69, 9.17) is 28.6 Å². The van der Waals surface area contributed by atoms with Crippen molar-refractivity contribution in [2.75, 3.05) is 6.61 Å². The van der Waals surface area contributed by atoms with Crippen molar-refractivity contribution in [3.63, 3.8) is 0 Å². The molecule has 0 spiro atoms. The normalized spacial score (nSPS) is 23.2. The van der Waals surface area contributed by atoms with Gasteiger partial charge in [-0.1, -0.05) is 11.6 Å². The Balaban J connectivity index is 1.93. The van der Waals surface area contributed by atoms with Crippen molar-refractivity contribution >= 4 is 34.9 Å². The lowest BCUT2D eigenvalue weighted by Gasteiger charge is -2.36. The molecule has 96 valence electrons. The molecule has 0 radical (unpaired) electrons. The summed E-state index contributed by atoms with van der Waals surface area (Å²) < 4.78 is 8.56. The molecule has 1 aromatic carbocycles. The summed E-state index contributed by atoms with van der Waals surface area (Å²) in [6.07, 6.45) is 2.47. The van der Waals surface area contributed by atoms with Gasteiger partial charge in [0.15, 0.2) is 4.77 Å². The minimum atomic E-state index is 0.388. The minimum absolute atomic E-state index is 0.388. The number of ether oxygens (including phenoxy) is 1. The van der Waals surface area contributed by atoms with E-state index in [0.29, 0.717) is 12.1 Å². The monoisotopic (exact) mass is 282 g/mol. The number of nitrogens with zero attached hydrogens (tertiary/aromatic N) is 1. The Morgan fingerprint density at radius 2 is 2.28 bits per heavy atom. The van der Waals surface area contributed by atoms with Crippen LogP contribution in [-0.2, 0) is 4.74 Å². The van der Waals surface area contributed by atoms with E-state index in [1.807, 2.05) is 25.1 Å². The van der Waals surface area contributed by atoms with Crippen LogP contribution in [-0.4, -0.2) is 22.3 Å². The molecule has 1 aromatic heterocycles. The highest BCUT2D eigenvalue weighted by Crippen LogP contribution is 2.37. The van der Waals surface area contributed by atoms with Crippen LogP contribution in [0.15, 0.2) is 18.2 Å². The second kappa shape index (κ2) is 4.68. The van der Waals surface area contributed by atoms with Gasteiger partial charge in [0.25, 0.3) is 0 Å². The maximum atomic E-state index is 5.99. The Bertz CT molecular complexity index is 627. The molecular formula is C13H15ClN2OS. The summed E-state index contributed by atoms with van der Waals surface area (Å²) in [5, 5.41) is 0.728. The van der Waals surface area contributed by atoms with E-state index in [0.717, 1.165) is 40.3 Å². The predicted molar refractivity (Wildman–Crippen MR) is 75.8 cm³/mol. The second-order valence-electron chi connectivity index (χ2n) is 4.66. The number of rotatable bonds is 3. The third-order valence-corrected chi connectivity index (χ3v) is 4.05. The van der Waals surface area contributed by atoms with Crippen molar-refractivity contribution in [2.24, 2.45) is 0 Å². The van der Waals surface area contributed by atoms with E-state index >= 15 is 0 Å². The number of H-pyrrole nitrogens is 1. The van der Waals surface area contributed by atoms with E-state index in [-0.39, 0.29) is 0 Å². The molecule has 0 aliphatic heterocycles. The molecule has 0 saturated heterocycles. The van der Waals surface area contributed by atoms with E-state index < -0.39 is 0 Å². The minimum Gasteiger partial charge on any atom is -0.378 e. The Morgan fingerprint density at radius 3 is 3.00 bits per heavy atom. The lowest BCUT2D eigenvalue weighted by atomic mass is 9.89. The zero-order valence-corrected chi connectivity index (χ0v) is 11.7. The van der Waals surface area contributed by atoms with Gasteiger partial charge in [-0.15, -0.1) is 0 Å². The van der Waals surface area contributed by atoms with Crippen molar-refractivity contribution < 1.29 is 4.74 Å². The van der Waals surface area contributed by atoms with Crippen LogP contribution in [0.4, 0.5) is 0 Å². The number of nitrogens with one attached hydrogen (secondary N) is 1. The smallest absolute Gasteiger partial charge is 0.178 e. The second-order valence-corrected chi connectivity index (χ2v) is 5.49. The average molecular weight is 283 g/mol. The summed E-state index contributed by atoms with van der Waals surface area (Å²) in [5.74, 6) is 0. The standard InChI is InChI=1S/C13H15ClN2OS/c1-2-17-10-6-9(7-10)16-12-4-3-8(14)5-11(12)15-13(16)18/h3-5,9-10H,2,6-7H2,1H3,(H,15,18). The highest BCUT2D eigenvalue weighted by Gasteiger charge is 2.32. The van der Waals surface area contributed by atoms with Gasteiger partial charge < -0.3 is 14.3 Å². The van der Waals surface area contributed by atoms with Gasteiger partial charge in [0.1, 0.15) is 0 Å². The van der Waals surface area contributed by atoms with Gasteiger partial charge in [0.05, 0.1) is 17.1 Å². The van der Waals surface area contributed by atoms with Gasteiger partial charge in [-0.05, 0) is 50.2 Å². The summed E-state index contributed by atoms with van der Waals surface area (Å²) in [4.78, 5) is 3.22. The first-order chi connectivity index (χ1) is 8.69. The molecule has 1 heterocycles. The molecule has 0 unspecified atom stereocenters. The molecule has 1 N–H and O–H groups in total. The predicted octanol–water partition coefficient (Wildman–Crippen LogP) is 4.09. The number of aromatic amines is 1. The average Bonchev–Trinajstić information content (AvgIpc) is 2.58. The molecule has 0 bridgehead atoms. The van der Waals surface area contributed by atoms with Crippen LogP contribution in [0.5, 0.6) is 0 Å². The van der Waals surface area contributed by atoms with Gasteiger partial charge in [-0.2, -0.15) is 0 Å². The van der Waals surface area contributed by atoms with Crippen molar-refractivity contribution in [1.82, 2.24) is 9.55 Å². The highest BCUT2D eigenvalue weighted by molar-refractivity contribution is 7.71. The number of imidazole rings is 1. The molecule has 1 fully saturated rings. The van der Waals surface area contributed by atoms with Crippen molar-refractivity contribution in [3.8, 4) is 0 Å². The SMILES string of the molecule is CCOC1CC(n2c(=S)[nH]c3cc(Cl)ccc32)C1. The summed E-state index contributed by atoms with van der Waals surface area (Å²) >= 11 is 11.4. The number of aromatic nitrogens is 2. The molecule has 2 aromatic rings. The Morgan fingerprint density at radius 1 is 1.50 bits per heavy atom. The Labute approximate surface area is 116 Å². The lowest BCUT2D eigenvalue weighted by Crippen LogP contribution is -2.33. The number of fused-ring (bicyclic) bond motifs is 1. The fourth-order valence-corrected chi connectivity index (χ4v) is 3.12. The molecule has 5 heteroatoms. The van der Waals surface area contributed by atoms with Gasteiger partial charge in [-0.25, -0.2) is 0 Å². The molecule has 3 rings (SSSR count). The number of hydrogen-bond acceptors (Lipinski definition) is 2. The number of halogens is 1. The van der Waals surface area contributed by atoms with E-state index in [9.17, 15) is 0 Å². The topological polar surface area (TPSA) is 29.9 Å². The summed E-state index contributed by atoms with van der Waals surface area (Å²) in [6.45, 7) is 2.82. The van der Waals surface area contributed by atoms with E-state index in [1.165, 1.54) is 0 Å². The first-order valence-electron chi connectivity index (χ1n) is 6.20. The molecule has 1 aliphatic rings. The third-order valence-electron chi connectivity index (χ3n) is 3.52. The molecule has 1 aliphatic carbocycles. The maximum absolute atomic E-state index is 5.99. The zero-order valence-electron chi connectivity index (χ0n) is 10.1. The summed E-state index contributed by atoms with van der Waals surface area (Å²) in [5.41, 5.74) is 2.14. The first-order valence-corrected chi connectivity index (χ1v) is 6.99. The van der Waals surface area contributed by atoms with Crippen LogP contribution in [0.1, 0.15) is 25.8 Å². The fourth-order valence-electron chi connectivity index (χ4n) is 2.59. The molecular weight excluding hydrogens is 268 g/mol. The van der Waals surface area contributed by atoms with E-state index in [2.05, 4.69) is 9.55 Å². The van der Waals surface area contributed by atoms with Gasteiger partial charge >= 0.3 is 0 Å². The number of benzene rings is 1. The van der Waals surface area contributed by atoms with Crippen molar-refractivity contribution in [3.05, 3.63) is 28.0 Å². The molecule has 1 saturated carbocycles. The Hall–Kier alpha value is -0.840. The number of hydrogen-bond donors (Lipinski definition) is 1. The van der Waals surface area contributed by atoms with Crippen LogP contribution in [0, 0.1) is 4.77 Å². The van der Waals surface area contributed by atoms with Gasteiger partial charge in [0, 0.05) is 17.7 Å². The molecule has 0 amide bonds. The van der Waals surface area contributed by atoms with E-state index in [1.54, 1.807) is 0 Å². The lowest BCUT2D eigenvalue weighted by molar-refractivity contribution is -0.0190. The van der Waals surface area contributed by atoms with Crippen LogP contribution in [0.25, 0.3) is 11.0 Å². The third kappa shape index (κ3) is 1.98. The zero-order chi connectivity index (χ0) is 12.7. The molecule has 3 nitrogen and oxygen atoms in total. The van der Waals surface area contributed by atoms with Gasteiger partial charge in [-0.3, -0.25) is 0 Å². The largest absolute Gasteiger partial charge is 0.378 e. The Kier molecular flexibility index (Phi) is 3.18. The first kappa shape index (κ1) is 12.2. The quantitative estimate of drug-likeness (QED) is 0.859. The van der Waals surface area contributed by atoms with Crippen molar-refractivity contribution in [1.29, 1.82) is 0 Å². The van der Waals surface area contributed by atoms with Gasteiger partial charge in [0.2, 0.25) is 0 Å². The van der Waals surface area contributed by atoms with Crippen LogP contribution in [0.2, 0.25) is 5.02 Å².